The Bertz CT molecular complexity index is 575. The third kappa shape index (κ3) is 2.93. The molecule has 0 radical (unpaired) electrons. The van der Waals surface area contributed by atoms with Crippen molar-refractivity contribution in [1.82, 2.24) is 15.1 Å². The lowest BCUT2D eigenvalue weighted by molar-refractivity contribution is -0.141. The molecule has 0 amide bonds. The molecular formula is C12H11F4N3. The molecule has 0 unspecified atom stereocenters. The van der Waals surface area contributed by atoms with Crippen molar-refractivity contribution in [3.63, 3.8) is 0 Å². The van der Waals surface area contributed by atoms with E-state index in [1.165, 1.54) is 12.1 Å². The van der Waals surface area contributed by atoms with E-state index in [1.54, 1.807) is 13.1 Å². The fraction of sp³-hybridized carbons (Fsp3) is 0.250. The number of nitrogens with one attached hydrogen (secondary N) is 1. The summed E-state index contributed by atoms with van der Waals surface area (Å²) in [4.78, 5) is 0. The van der Waals surface area contributed by atoms with Crippen LogP contribution >= 0.6 is 0 Å². The van der Waals surface area contributed by atoms with Gasteiger partial charge in [-0.25, -0.2) is 9.07 Å². The van der Waals surface area contributed by atoms with Crippen molar-refractivity contribution in [2.24, 2.45) is 0 Å². The summed E-state index contributed by atoms with van der Waals surface area (Å²) >= 11 is 0. The van der Waals surface area contributed by atoms with Crippen molar-refractivity contribution in [3.8, 4) is 5.69 Å². The molecule has 0 saturated carbocycles. The number of hydrogen-bond donors (Lipinski definition) is 1. The predicted octanol–water partition coefficient (Wildman–Crippen LogP) is 2.75. The Morgan fingerprint density at radius 2 is 2.00 bits per heavy atom. The quantitative estimate of drug-likeness (QED) is 0.871. The zero-order valence-electron chi connectivity index (χ0n) is 10.0. The molecule has 1 aromatic heterocycles. The van der Waals surface area contributed by atoms with Gasteiger partial charge in [0, 0.05) is 12.7 Å². The summed E-state index contributed by atoms with van der Waals surface area (Å²) in [7, 11) is 1.72. The minimum Gasteiger partial charge on any atom is -0.316 e. The third-order valence-electron chi connectivity index (χ3n) is 2.52. The number of hydrogen-bond acceptors (Lipinski definition) is 2. The molecule has 0 aliphatic rings. The molecular weight excluding hydrogens is 262 g/mol. The van der Waals surface area contributed by atoms with Gasteiger partial charge in [-0.3, -0.25) is 0 Å². The van der Waals surface area contributed by atoms with E-state index >= 15 is 0 Å². The maximum Gasteiger partial charge on any atom is 0.435 e. The van der Waals surface area contributed by atoms with Gasteiger partial charge in [0.05, 0.1) is 0 Å². The molecule has 2 rings (SSSR count). The smallest absolute Gasteiger partial charge is 0.316 e. The van der Waals surface area contributed by atoms with Crippen molar-refractivity contribution in [2.45, 2.75) is 12.7 Å². The number of aromatic nitrogens is 2. The van der Waals surface area contributed by atoms with E-state index in [9.17, 15) is 17.6 Å². The molecule has 0 saturated heterocycles. The first kappa shape index (κ1) is 13.5. The van der Waals surface area contributed by atoms with Gasteiger partial charge in [-0.1, -0.05) is 6.07 Å². The highest BCUT2D eigenvalue weighted by Gasteiger charge is 2.33. The molecule has 1 N–H and O–H groups in total. The second kappa shape index (κ2) is 5.00. The lowest BCUT2D eigenvalue weighted by atomic mass is 10.2. The standard InChI is InChI=1S/C12H11F4N3/c1-17-7-8-2-3-10(9(13)6-8)19-5-4-11(18-19)12(14,15)16/h2-6,17H,7H2,1H3. The van der Waals surface area contributed by atoms with E-state index in [0.717, 1.165) is 16.9 Å². The molecule has 1 aromatic carbocycles. The number of rotatable bonds is 3. The second-order valence-corrected chi connectivity index (χ2v) is 3.96. The third-order valence-corrected chi connectivity index (χ3v) is 2.52. The molecule has 19 heavy (non-hydrogen) atoms. The van der Waals surface area contributed by atoms with Crippen LogP contribution in [0.5, 0.6) is 0 Å². The van der Waals surface area contributed by atoms with Gasteiger partial charge < -0.3 is 5.32 Å². The molecule has 1 heterocycles. The average molecular weight is 273 g/mol. The Morgan fingerprint density at radius 3 is 2.53 bits per heavy atom. The van der Waals surface area contributed by atoms with Crippen molar-refractivity contribution >= 4 is 0 Å². The van der Waals surface area contributed by atoms with E-state index < -0.39 is 17.7 Å². The Morgan fingerprint density at radius 1 is 1.26 bits per heavy atom. The fourth-order valence-corrected chi connectivity index (χ4v) is 1.66. The summed E-state index contributed by atoms with van der Waals surface area (Å²) in [6.07, 6.45) is -3.45. The molecule has 3 nitrogen and oxygen atoms in total. The summed E-state index contributed by atoms with van der Waals surface area (Å²) in [6, 6.07) is 5.10. The summed E-state index contributed by atoms with van der Waals surface area (Å²) in [5.74, 6) is -0.621. The largest absolute Gasteiger partial charge is 0.435 e. The Kier molecular flexibility index (Phi) is 3.57. The summed E-state index contributed by atoms with van der Waals surface area (Å²) in [5, 5.41) is 6.18. The van der Waals surface area contributed by atoms with E-state index in [0.29, 0.717) is 12.1 Å². The molecule has 0 aliphatic carbocycles. The van der Waals surface area contributed by atoms with E-state index in [-0.39, 0.29) is 5.69 Å². The van der Waals surface area contributed by atoms with Gasteiger partial charge in [-0.15, -0.1) is 0 Å². The highest BCUT2D eigenvalue weighted by atomic mass is 19.4. The van der Waals surface area contributed by atoms with Crippen LogP contribution in [-0.4, -0.2) is 16.8 Å². The van der Waals surface area contributed by atoms with Gasteiger partial charge in [0.1, 0.15) is 11.5 Å². The van der Waals surface area contributed by atoms with Gasteiger partial charge in [-0.05, 0) is 30.8 Å². The van der Waals surface area contributed by atoms with E-state index in [1.807, 2.05) is 0 Å². The molecule has 0 atom stereocenters. The van der Waals surface area contributed by atoms with Crippen LogP contribution in [0.4, 0.5) is 17.6 Å². The first-order valence-electron chi connectivity index (χ1n) is 5.48. The van der Waals surface area contributed by atoms with Crippen LogP contribution in [0, 0.1) is 5.82 Å². The van der Waals surface area contributed by atoms with Gasteiger partial charge in [0.25, 0.3) is 0 Å². The Hall–Kier alpha value is -1.89. The zero-order chi connectivity index (χ0) is 14.0. The minimum absolute atomic E-state index is 0.0182. The molecule has 0 spiro atoms. The van der Waals surface area contributed by atoms with Gasteiger partial charge in [0.2, 0.25) is 0 Å². The van der Waals surface area contributed by atoms with Gasteiger partial charge >= 0.3 is 6.18 Å². The van der Waals surface area contributed by atoms with Crippen LogP contribution in [-0.2, 0) is 12.7 Å². The molecule has 0 bridgehead atoms. The van der Waals surface area contributed by atoms with Crippen LogP contribution < -0.4 is 5.32 Å². The number of benzene rings is 1. The van der Waals surface area contributed by atoms with Gasteiger partial charge in [0.15, 0.2) is 5.69 Å². The highest BCUT2D eigenvalue weighted by Crippen LogP contribution is 2.28. The maximum atomic E-state index is 13.8. The average Bonchev–Trinajstić information content (AvgIpc) is 2.78. The Balaban J connectivity index is 2.34. The Labute approximate surface area is 106 Å². The highest BCUT2D eigenvalue weighted by molar-refractivity contribution is 5.36. The molecule has 0 fully saturated rings. The predicted molar refractivity (Wildman–Crippen MR) is 61.3 cm³/mol. The monoisotopic (exact) mass is 273 g/mol. The zero-order valence-corrected chi connectivity index (χ0v) is 10.0. The van der Waals surface area contributed by atoms with Crippen molar-refractivity contribution in [1.29, 1.82) is 0 Å². The minimum atomic E-state index is -4.53. The normalized spacial score (nSPS) is 11.8. The van der Waals surface area contributed by atoms with Crippen LogP contribution in [0.3, 0.4) is 0 Å². The second-order valence-electron chi connectivity index (χ2n) is 3.96. The SMILES string of the molecule is CNCc1ccc(-n2ccc(C(F)(F)F)n2)c(F)c1. The van der Waals surface area contributed by atoms with Crippen LogP contribution in [0.2, 0.25) is 0 Å². The lowest BCUT2D eigenvalue weighted by Crippen LogP contribution is -2.09. The first-order chi connectivity index (χ1) is 8.91. The summed E-state index contributed by atoms with van der Waals surface area (Å²) < 4.78 is 51.9. The van der Waals surface area contributed by atoms with Gasteiger partial charge in [-0.2, -0.15) is 18.3 Å². The maximum absolute atomic E-state index is 13.8. The first-order valence-corrected chi connectivity index (χ1v) is 5.48. The van der Waals surface area contributed by atoms with Crippen molar-refractivity contribution < 1.29 is 17.6 Å². The lowest BCUT2D eigenvalue weighted by Gasteiger charge is -2.06. The number of nitrogens with zero attached hydrogens (tertiary/aromatic N) is 2. The number of alkyl halides is 3. The van der Waals surface area contributed by atoms with Crippen molar-refractivity contribution in [3.05, 3.63) is 47.5 Å². The van der Waals surface area contributed by atoms with Crippen LogP contribution in [0.25, 0.3) is 5.69 Å². The molecule has 7 heteroatoms. The molecule has 2 aromatic rings. The topological polar surface area (TPSA) is 29.9 Å². The molecule has 0 aliphatic heterocycles. The summed E-state index contributed by atoms with van der Waals surface area (Å²) in [5.41, 5.74) is -0.367. The fourth-order valence-electron chi connectivity index (χ4n) is 1.66. The van der Waals surface area contributed by atoms with E-state index in [2.05, 4.69) is 10.4 Å². The number of halogens is 4. The summed E-state index contributed by atoms with van der Waals surface area (Å²) in [6.45, 7) is 0.476. The van der Waals surface area contributed by atoms with Crippen molar-refractivity contribution in [2.75, 3.05) is 7.05 Å². The van der Waals surface area contributed by atoms with Crippen LogP contribution in [0.15, 0.2) is 30.5 Å². The molecule has 102 valence electrons. The van der Waals surface area contributed by atoms with Crippen LogP contribution in [0.1, 0.15) is 11.3 Å². The van der Waals surface area contributed by atoms with E-state index in [4.69, 9.17) is 0 Å².